The number of nitrogens with zero attached hydrogens (tertiary/aromatic N) is 3. The Morgan fingerprint density at radius 2 is 1.90 bits per heavy atom. The molecule has 0 radical (unpaired) electrons. The Morgan fingerprint density at radius 1 is 1.23 bits per heavy atom. The van der Waals surface area contributed by atoms with Crippen molar-refractivity contribution in [2.45, 2.75) is 37.9 Å². The first kappa shape index (κ1) is 22.4. The molecule has 162 valence electrons. The van der Waals surface area contributed by atoms with Gasteiger partial charge < -0.3 is 25.3 Å². The highest BCUT2D eigenvalue weighted by Gasteiger charge is 2.32. The molecule has 2 heterocycles. The van der Waals surface area contributed by atoms with Crippen molar-refractivity contribution >= 4 is 28.8 Å². The summed E-state index contributed by atoms with van der Waals surface area (Å²) in [6.07, 6.45) is 0.572. The maximum absolute atomic E-state index is 13.3. The normalized spacial score (nSPS) is 19.3. The van der Waals surface area contributed by atoms with E-state index in [4.69, 9.17) is 12.2 Å². The molecular weight excluding hydrogens is 407 g/mol. The highest BCUT2D eigenvalue weighted by atomic mass is 32.1. The van der Waals surface area contributed by atoms with E-state index in [1.807, 2.05) is 15.9 Å². The Morgan fingerprint density at radius 3 is 2.53 bits per heavy atom. The van der Waals surface area contributed by atoms with Crippen LogP contribution in [0, 0.1) is 23.1 Å². The minimum Gasteiger partial charge on any atom is -0.383 e. The van der Waals surface area contributed by atoms with Crippen LogP contribution in [0.15, 0.2) is 18.2 Å². The van der Waals surface area contributed by atoms with Crippen molar-refractivity contribution in [1.82, 2.24) is 10.2 Å². The molecule has 3 rings (SSSR count). The van der Waals surface area contributed by atoms with Crippen LogP contribution in [0.25, 0.3) is 0 Å². The third-order valence-electron chi connectivity index (χ3n) is 5.84. The zero-order valence-corrected chi connectivity index (χ0v) is 17.6. The number of carbonyl (C=O) groups is 1. The molecule has 0 aromatic heterocycles. The van der Waals surface area contributed by atoms with E-state index < -0.39 is 23.9 Å². The van der Waals surface area contributed by atoms with Crippen molar-refractivity contribution in [3.05, 3.63) is 29.6 Å². The largest absolute Gasteiger partial charge is 0.383 e. The third-order valence-corrected chi connectivity index (χ3v) is 6.34. The van der Waals surface area contributed by atoms with Crippen LogP contribution in [-0.4, -0.2) is 70.9 Å². The van der Waals surface area contributed by atoms with Crippen LogP contribution in [0.2, 0.25) is 0 Å². The Labute approximate surface area is 181 Å². The molecule has 1 aromatic carbocycles. The van der Waals surface area contributed by atoms with Crippen LogP contribution in [0.3, 0.4) is 0 Å². The number of carbonyl (C=O) groups excluding carboxylic acids is 1. The first-order chi connectivity index (χ1) is 14.4. The summed E-state index contributed by atoms with van der Waals surface area (Å²) in [7, 11) is 0. The zero-order chi connectivity index (χ0) is 21.7. The van der Waals surface area contributed by atoms with Gasteiger partial charge in [-0.2, -0.15) is 5.26 Å². The lowest BCUT2D eigenvalue weighted by atomic mass is 9.95. The van der Waals surface area contributed by atoms with Gasteiger partial charge in [0.1, 0.15) is 23.0 Å². The number of benzene rings is 1. The summed E-state index contributed by atoms with van der Waals surface area (Å²) < 4.78 is 13.3. The van der Waals surface area contributed by atoms with Crippen molar-refractivity contribution < 1.29 is 19.4 Å². The van der Waals surface area contributed by atoms with Gasteiger partial charge in [0.15, 0.2) is 6.10 Å². The van der Waals surface area contributed by atoms with Gasteiger partial charge in [-0.05, 0) is 49.8 Å². The Kier molecular flexibility index (Phi) is 7.58. The van der Waals surface area contributed by atoms with Gasteiger partial charge in [-0.25, -0.2) is 4.39 Å². The van der Waals surface area contributed by atoms with Crippen LogP contribution in [0.4, 0.5) is 10.1 Å². The van der Waals surface area contributed by atoms with E-state index in [2.05, 4.69) is 5.32 Å². The molecule has 2 atom stereocenters. The highest BCUT2D eigenvalue weighted by molar-refractivity contribution is 7.80. The number of piperidine rings is 1. The Hall–Kier alpha value is -2.28. The highest BCUT2D eigenvalue weighted by Crippen LogP contribution is 2.26. The molecule has 0 unspecified atom stereocenters. The number of aliphatic hydroxyl groups is 2. The second-order valence-corrected chi connectivity index (χ2v) is 8.29. The standard InChI is InChI=1S/C21H27FN4O3S/c22-16-3-4-17(15(11-16)12-23)25-9-5-14(6-10-25)13-24-20(29)18(27)19(28)21(30)26-7-1-2-8-26/h3-4,11,14,18-19,27-28H,1-2,5-10,13H2,(H,24,29)/t18-,19-/m1/s1. The minimum absolute atomic E-state index is 0.214. The molecule has 2 aliphatic heterocycles. The average molecular weight is 435 g/mol. The van der Waals surface area contributed by atoms with Gasteiger partial charge in [-0.15, -0.1) is 0 Å². The van der Waals surface area contributed by atoms with Gasteiger partial charge in [0.25, 0.3) is 5.91 Å². The summed E-state index contributed by atoms with van der Waals surface area (Å²) in [5, 5.41) is 32.3. The van der Waals surface area contributed by atoms with Gasteiger partial charge >= 0.3 is 0 Å². The molecule has 0 spiro atoms. The number of amides is 1. The van der Waals surface area contributed by atoms with Gasteiger partial charge in [-0.3, -0.25) is 4.79 Å². The number of likely N-dealkylation sites (tertiary alicyclic amines) is 1. The predicted octanol–water partition coefficient (Wildman–Crippen LogP) is 1.17. The third kappa shape index (κ3) is 5.25. The molecule has 0 saturated carbocycles. The van der Waals surface area contributed by atoms with Crippen LogP contribution >= 0.6 is 12.2 Å². The zero-order valence-electron chi connectivity index (χ0n) is 16.8. The van der Waals surface area contributed by atoms with E-state index in [1.165, 1.54) is 12.1 Å². The molecule has 0 bridgehead atoms. The lowest BCUT2D eigenvalue weighted by Gasteiger charge is -2.34. The fourth-order valence-corrected chi connectivity index (χ4v) is 4.32. The van der Waals surface area contributed by atoms with E-state index in [9.17, 15) is 24.7 Å². The van der Waals surface area contributed by atoms with Gasteiger partial charge in [-0.1, -0.05) is 12.2 Å². The van der Waals surface area contributed by atoms with E-state index in [0.717, 1.165) is 44.5 Å². The number of thiocarbonyl (C=S) groups is 1. The smallest absolute Gasteiger partial charge is 0.252 e. The molecule has 3 N–H and O–H groups in total. The fourth-order valence-electron chi connectivity index (χ4n) is 4.00. The predicted molar refractivity (Wildman–Crippen MR) is 114 cm³/mol. The van der Waals surface area contributed by atoms with Gasteiger partial charge in [0.05, 0.1) is 11.3 Å². The summed E-state index contributed by atoms with van der Waals surface area (Å²) in [5.74, 6) is -0.847. The molecular formula is C21H27FN4O3S. The monoisotopic (exact) mass is 434 g/mol. The minimum atomic E-state index is -1.59. The molecule has 2 aliphatic rings. The Bertz CT molecular complexity index is 817. The average Bonchev–Trinajstić information content (AvgIpc) is 3.31. The van der Waals surface area contributed by atoms with Crippen molar-refractivity contribution in [3.63, 3.8) is 0 Å². The number of hydrogen-bond acceptors (Lipinski definition) is 6. The number of anilines is 1. The molecule has 9 heteroatoms. The summed E-state index contributed by atoms with van der Waals surface area (Å²) in [6.45, 7) is 3.24. The van der Waals surface area contributed by atoms with E-state index in [1.54, 1.807) is 6.07 Å². The first-order valence-corrected chi connectivity index (χ1v) is 10.7. The molecule has 2 saturated heterocycles. The number of nitriles is 1. The summed E-state index contributed by atoms with van der Waals surface area (Å²) in [6, 6.07) is 6.24. The number of hydrogen-bond donors (Lipinski definition) is 3. The SMILES string of the molecule is N#Cc1cc(F)ccc1N1CCC(CNC(=O)[C@H](O)[C@@H](O)C(=S)N2CCCC2)CC1. The maximum atomic E-state index is 13.3. The quantitative estimate of drug-likeness (QED) is 0.578. The number of nitrogens with one attached hydrogen (secondary N) is 1. The number of halogens is 1. The lowest BCUT2D eigenvalue weighted by molar-refractivity contribution is -0.133. The van der Waals surface area contributed by atoms with E-state index >= 15 is 0 Å². The number of rotatable bonds is 6. The van der Waals surface area contributed by atoms with Gasteiger partial charge in [0.2, 0.25) is 0 Å². The molecule has 1 amide bonds. The summed E-state index contributed by atoms with van der Waals surface area (Å²) >= 11 is 5.21. The molecule has 0 aliphatic carbocycles. The van der Waals surface area contributed by atoms with Crippen molar-refractivity contribution in [2.24, 2.45) is 5.92 Å². The lowest BCUT2D eigenvalue weighted by Crippen LogP contribution is -2.50. The van der Waals surface area contributed by atoms with Crippen LogP contribution in [-0.2, 0) is 4.79 Å². The maximum Gasteiger partial charge on any atom is 0.252 e. The molecule has 1 aromatic rings. The summed E-state index contributed by atoms with van der Waals surface area (Å²) in [4.78, 5) is 16.4. The van der Waals surface area contributed by atoms with E-state index in [0.29, 0.717) is 25.2 Å². The van der Waals surface area contributed by atoms with Crippen LogP contribution < -0.4 is 10.2 Å². The molecule has 30 heavy (non-hydrogen) atoms. The van der Waals surface area contributed by atoms with Crippen molar-refractivity contribution in [2.75, 3.05) is 37.6 Å². The first-order valence-electron chi connectivity index (χ1n) is 10.3. The second-order valence-electron chi connectivity index (χ2n) is 7.87. The molecule has 2 fully saturated rings. The van der Waals surface area contributed by atoms with Crippen molar-refractivity contribution in [3.8, 4) is 6.07 Å². The molecule has 7 nitrogen and oxygen atoms in total. The summed E-state index contributed by atoms with van der Waals surface area (Å²) in [5.41, 5.74) is 1.03. The van der Waals surface area contributed by atoms with E-state index in [-0.39, 0.29) is 10.9 Å². The fraction of sp³-hybridized carbons (Fsp3) is 0.571. The topological polar surface area (TPSA) is 99.8 Å². The van der Waals surface area contributed by atoms with Crippen molar-refractivity contribution in [1.29, 1.82) is 5.26 Å². The van der Waals surface area contributed by atoms with Crippen LogP contribution in [0.1, 0.15) is 31.2 Å². The number of aliphatic hydroxyl groups excluding tert-OH is 2. The van der Waals surface area contributed by atoms with Crippen LogP contribution in [0.5, 0.6) is 0 Å². The Balaban J connectivity index is 1.45. The second kappa shape index (κ2) is 10.2. The van der Waals surface area contributed by atoms with Gasteiger partial charge in [0, 0.05) is 32.7 Å².